The Morgan fingerprint density at radius 3 is 2.74 bits per heavy atom. The molecule has 1 unspecified atom stereocenters. The van der Waals surface area contributed by atoms with E-state index >= 15 is 0 Å². The van der Waals surface area contributed by atoms with E-state index in [1.54, 1.807) is 18.4 Å². The lowest BCUT2D eigenvalue weighted by molar-refractivity contribution is 0.171. The summed E-state index contributed by atoms with van der Waals surface area (Å²) in [5.41, 5.74) is 3.55. The molecule has 2 rings (SSSR count). The van der Waals surface area contributed by atoms with Crippen LogP contribution in [0.3, 0.4) is 0 Å². The number of aromatic nitrogens is 1. The summed E-state index contributed by atoms with van der Waals surface area (Å²) in [5.74, 6) is 0. The smallest absolute Gasteiger partial charge is 0.123 e. The molecule has 1 aromatic carbocycles. The molecule has 0 aliphatic heterocycles. The van der Waals surface area contributed by atoms with E-state index in [0.29, 0.717) is 6.04 Å². The predicted octanol–water partition coefficient (Wildman–Crippen LogP) is 3.24. The first-order chi connectivity index (χ1) is 9.19. The van der Waals surface area contributed by atoms with E-state index < -0.39 is 0 Å². The van der Waals surface area contributed by atoms with Crippen molar-refractivity contribution in [3.8, 4) is 10.6 Å². The zero-order valence-electron chi connectivity index (χ0n) is 11.6. The van der Waals surface area contributed by atoms with Gasteiger partial charge in [0, 0.05) is 30.6 Å². The van der Waals surface area contributed by atoms with Gasteiger partial charge in [-0.25, -0.2) is 4.98 Å². The van der Waals surface area contributed by atoms with Crippen LogP contribution in [0.2, 0.25) is 0 Å². The molecular weight excluding hydrogens is 256 g/mol. The average molecular weight is 276 g/mol. The second-order valence-electron chi connectivity index (χ2n) is 4.75. The molecule has 0 saturated heterocycles. The van der Waals surface area contributed by atoms with Crippen molar-refractivity contribution in [2.45, 2.75) is 26.4 Å². The van der Waals surface area contributed by atoms with Gasteiger partial charge in [0.1, 0.15) is 5.01 Å². The van der Waals surface area contributed by atoms with E-state index in [2.05, 4.69) is 53.8 Å². The van der Waals surface area contributed by atoms with Gasteiger partial charge in [-0.05, 0) is 13.8 Å². The number of ether oxygens (including phenoxy) is 1. The van der Waals surface area contributed by atoms with E-state index in [1.165, 1.54) is 11.1 Å². The Balaban J connectivity index is 1.97. The number of methoxy groups -OCH3 is 1. The molecule has 0 radical (unpaired) electrons. The Bertz CT molecular complexity index is 507. The number of nitrogens with one attached hydrogen (secondary N) is 1. The Morgan fingerprint density at radius 1 is 1.32 bits per heavy atom. The molecule has 2 aromatic rings. The Labute approximate surface area is 118 Å². The van der Waals surface area contributed by atoms with E-state index in [9.17, 15) is 0 Å². The third kappa shape index (κ3) is 4.13. The monoisotopic (exact) mass is 276 g/mol. The Hall–Kier alpha value is -1.23. The van der Waals surface area contributed by atoms with Crippen molar-refractivity contribution in [2.24, 2.45) is 0 Å². The van der Waals surface area contributed by atoms with Gasteiger partial charge in [-0.3, -0.25) is 0 Å². The highest BCUT2D eigenvalue weighted by Gasteiger charge is 2.06. The molecule has 3 nitrogen and oxygen atoms in total. The number of aryl methyl sites for hydroxylation is 1. The van der Waals surface area contributed by atoms with Crippen LogP contribution in [0.15, 0.2) is 29.6 Å². The first-order valence-electron chi connectivity index (χ1n) is 6.43. The van der Waals surface area contributed by atoms with Crippen LogP contribution in [-0.4, -0.2) is 24.7 Å². The summed E-state index contributed by atoms with van der Waals surface area (Å²) >= 11 is 1.69. The second kappa shape index (κ2) is 6.80. The molecule has 1 atom stereocenters. The Kier molecular flexibility index (Phi) is 5.07. The second-order valence-corrected chi connectivity index (χ2v) is 5.61. The fourth-order valence-electron chi connectivity index (χ4n) is 1.80. The number of thiazole rings is 1. The van der Waals surface area contributed by atoms with Crippen LogP contribution < -0.4 is 5.32 Å². The van der Waals surface area contributed by atoms with E-state index in [1.807, 2.05) is 0 Å². The molecule has 0 fully saturated rings. The van der Waals surface area contributed by atoms with Gasteiger partial charge in [0.05, 0.1) is 12.3 Å². The fourth-order valence-corrected chi connectivity index (χ4v) is 2.63. The minimum atomic E-state index is 0.342. The van der Waals surface area contributed by atoms with Gasteiger partial charge in [0.25, 0.3) is 0 Å². The minimum Gasteiger partial charge on any atom is -0.383 e. The van der Waals surface area contributed by atoms with Crippen LogP contribution in [0.1, 0.15) is 18.2 Å². The lowest BCUT2D eigenvalue weighted by atomic mass is 10.2. The average Bonchev–Trinajstić information content (AvgIpc) is 2.86. The van der Waals surface area contributed by atoms with Crippen molar-refractivity contribution in [1.29, 1.82) is 0 Å². The maximum absolute atomic E-state index is 5.10. The quantitative estimate of drug-likeness (QED) is 0.879. The minimum absolute atomic E-state index is 0.342. The molecule has 0 aliphatic rings. The van der Waals surface area contributed by atoms with Crippen molar-refractivity contribution < 1.29 is 4.74 Å². The molecule has 102 valence electrons. The van der Waals surface area contributed by atoms with Gasteiger partial charge < -0.3 is 10.1 Å². The topological polar surface area (TPSA) is 34.1 Å². The molecule has 1 aromatic heterocycles. The highest BCUT2D eigenvalue weighted by molar-refractivity contribution is 7.13. The predicted molar refractivity (Wildman–Crippen MR) is 80.5 cm³/mol. The molecule has 4 heteroatoms. The fraction of sp³-hybridized carbons (Fsp3) is 0.400. The van der Waals surface area contributed by atoms with Gasteiger partial charge >= 0.3 is 0 Å². The van der Waals surface area contributed by atoms with Crippen molar-refractivity contribution in [1.82, 2.24) is 10.3 Å². The Morgan fingerprint density at radius 2 is 2.05 bits per heavy atom. The van der Waals surface area contributed by atoms with Crippen molar-refractivity contribution in [3.63, 3.8) is 0 Å². The van der Waals surface area contributed by atoms with Crippen LogP contribution in [-0.2, 0) is 11.3 Å². The molecule has 0 saturated carbocycles. The number of rotatable bonds is 6. The van der Waals surface area contributed by atoms with Gasteiger partial charge in [0.2, 0.25) is 0 Å². The maximum Gasteiger partial charge on any atom is 0.123 e. The molecule has 0 aliphatic carbocycles. The number of hydrogen-bond donors (Lipinski definition) is 1. The third-order valence-electron chi connectivity index (χ3n) is 2.90. The summed E-state index contributed by atoms with van der Waals surface area (Å²) in [7, 11) is 1.72. The summed E-state index contributed by atoms with van der Waals surface area (Å²) in [4.78, 5) is 4.66. The summed E-state index contributed by atoms with van der Waals surface area (Å²) in [6.07, 6.45) is 0. The van der Waals surface area contributed by atoms with Crippen molar-refractivity contribution in [3.05, 3.63) is 40.9 Å². The molecule has 0 amide bonds. The summed E-state index contributed by atoms with van der Waals surface area (Å²) < 4.78 is 5.10. The first kappa shape index (κ1) is 14.2. The summed E-state index contributed by atoms with van der Waals surface area (Å²) in [5, 5.41) is 6.59. The SMILES string of the molecule is COCC(C)NCc1csc(-c2ccc(C)cc2)n1. The van der Waals surface area contributed by atoms with Gasteiger partial charge in [-0.15, -0.1) is 11.3 Å². The van der Waals surface area contributed by atoms with Gasteiger partial charge in [-0.1, -0.05) is 29.8 Å². The highest BCUT2D eigenvalue weighted by Crippen LogP contribution is 2.23. The van der Waals surface area contributed by atoms with Crippen molar-refractivity contribution >= 4 is 11.3 Å². The lowest BCUT2D eigenvalue weighted by Crippen LogP contribution is -2.29. The van der Waals surface area contributed by atoms with Gasteiger partial charge in [-0.2, -0.15) is 0 Å². The van der Waals surface area contributed by atoms with Crippen LogP contribution in [0.4, 0.5) is 0 Å². The standard InChI is InChI=1S/C15H20N2OS/c1-11-4-6-13(7-5-11)15-17-14(10-19-15)8-16-12(2)9-18-3/h4-7,10,12,16H,8-9H2,1-3H3. The van der Waals surface area contributed by atoms with Crippen LogP contribution in [0.5, 0.6) is 0 Å². The lowest BCUT2D eigenvalue weighted by Gasteiger charge is -2.10. The van der Waals surface area contributed by atoms with Crippen LogP contribution >= 0.6 is 11.3 Å². The molecule has 0 bridgehead atoms. The molecular formula is C15H20N2OS. The molecule has 0 spiro atoms. The van der Waals surface area contributed by atoms with Crippen LogP contribution in [0, 0.1) is 6.92 Å². The zero-order valence-corrected chi connectivity index (χ0v) is 12.5. The normalized spacial score (nSPS) is 12.6. The summed E-state index contributed by atoms with van der Waals surface area (Å²) in [6, 6.07) is 8.83. The number of benzene rings is 1. The number of hydrogen-bond acceptors (Lipinski definition) is 4. The van der Waals surface area contributed by atoms with Crippen LogP contribution in [0.25, 0.3) is 10.6 Å². The maximum atomic E-state index is 5.10. The highest BCUT2D eigenvalue weighted by atomic mass is 32.1. The molecule has 19 heavy (non-hydrogen) atoms. The summed E-state index contributed by atoms with van der Waals surface area (Å²) in [6.45, 7) is 5.71. The largest absolute Gasteiger partial charge is 0.383 e. The van der Waals surface area contributed by atoms with E-state index in [0.717, 1.165) is 23.9 Å². The zero-order chi connectivity index (χ0) is 13.7. The first-order valence-corrected chi connectivity index (χ1v) is 7.31. The molecule has 1 N–H and O–H groups in total. The van der Waals surface area contributed by atoms with E-state index in [-0.39, 0.29) is 0 Å². The van der Waals surface area contributed by atoms with Gasteiger partial charge in [0.15, 0.2) is 0 Å². The third-order valence-corrected chi connectivity index (χ3v) is 3.84. The van der Waals surface area contributed by atoms with Crippen molar-refractivity contribution in [2.75, 3.05) is 13.7 Å². The number of nitrogens with zero attached hydrogens (tertiary/aromatic N) is 1. The van der Waals surface area contributed by atoms with E-state index in [4.69, 9.17) is 4.74 Å². The molecule has 1 heterocycles.